The Morgan fingerprint density at radius 3 is 2.89 bits per heavy atom. The van der Waals surface area contributed by atoms with Crippen molar-refractivity contribution >= 4 is 0 Å². The zero-order chi connectivity index (χ0) is 6.53. The lowest BCUT2D eigenvalue weighted by molar-refractivity contribution is 0.0465. The largest absolute Gasteiger partial charge is 0.374 e. The van der Waals surface area contributed by atoms with E-state index in [0.29, 0.717) is 6.10 Å². The second-order valence-corrected chi connectivity index (χ2v) is 2.43. The molecule has 0 aromatic heterocycles. The van der Waals surface area contributed by atoms with Crippen LogP contribution in [0.1, 0.15) is 26.2 Å². The summed E-state index contributed by atoms with van der Waals surface area (Å²) in [6.07, 6.45) is 8.41. The van der Waals surface area contributed by atoms with Crippen LogP contribution in [-0.4, -0.2) is 12.7 Å². The predicted molar refractivity (Wildman–Crippen MR) is 38.4 cm³/mol. The third-order valence-corrected chi connectivity index (χ3v) is 1.62. The fraction of sp³-hybridized carbons (Fsp3) is 0.750. The van der Waals surface area contributed by atoms with Crippen LogP contribution in [0.25, 0.3) is 0 Å². The molecular formula is C8H14O. The van der Waals surface area contributed by atoms with Crippen LogP contribution in [0.15, 0.2) is 12.2 Å². The molecule has 1 rings (SSSR count). The molecule has 1 heteroatoms. The van der Waals surface area contributed by atoms with Gasteiger partial charge in [0.2, 0.25) is 0 Å². The van der Waals surface area contributed by atoms with E-state index in [-0.39, 0.29) is 0 Å². The zero-order valence-electron chi connectivity index (χ0n) is 5.97. The maximum atomic E-state index is 5.43. The van der Waals surface area contributed by atoms with Gasteiger partial charge in [-0.1, -0.05) is 12.2 Å². The third-order valence-electron chi connectivity index (χ3n) is 1.62. The van der Waals surface area contributed by atoms with Crippen molar-refractivity contribution in [3.8, 4) is 0 Å². The van der Waals surface area contributed by atoms with Gasteiger partial charge in [0.25, 0.3) is 0 Å². The van der Waals surface area contributed by atoms with Crippen LogP contribution < -0.4 is 0 Å². The summed E-state index contributed by atoms with van der Waals surface area (Å²) in [6.45, 7) is 2.99. The summed E-state index contributed by atoms with van der Waals surface area (Å²) in [5.41, 5.74) is 0. The molecule has 1 heterocycles. The van der Waals surface area contributed by atoms with Crippen LogP contribution in [0, 0.1) is 0 Å². The molecule has 0 aromatic carbocycles. The van der Waals surface area contributed by atoms with Gasteiger partial charge in [-0.05, 0) is 26.2 Å². The average molecular weight is 126 g/mol. The lowest BCUT2D eigenvalue weighted by Gasteiger charge is -2.18. The van der Waals surface area contributed by atoms with Crippen LogP contribution in [0.3, 0.4) is 0 Å². The maximum Gasteiger partial charge on any atom is 0.0755 e. The Bertz CT molecular complexity index is 90.7. The van der Waals surface area contributed by atoms with Crippen molar-refractivity contribution in [2.45, 2.75) is 32.3 Å². The van der Waals surface area contributed by atoms with Gasteiger partial charge >= 0.3 is 0 Å². The first-order valence-corrected chi connectivity index (χ1v) is 3.68. The molecule has 0 saturated carbocycles. The third kappa shape index (κ3) is 2.19. The zero-order valence-corrected chi connectivity index (χ0v) is 5.97. The second-order valence-electron chi connectivity index (χ2n) is 2.43. The molecule has 1 aliphatic rings. The highest BCUT2D eigenvalue weighted by Crippen LogP contribution is 2.12. The minimum atomic E-state index is 0.420. The summed E-state index contributed by atoms with van der Waals surface area (Å²) in [6, 6.07) is 0. The summed E-state index contributed by atoms with van der Waals surface area (Å²) in [4.78, 5) is 0. The summed E-state index contributed by atoms with van der Waals surface area (Å²) in [7, 11) is 0. The van der Waals surface area contributed by atoms with Crippen LogP contribution in [-0.2, 0) is 4.74 Å². The Balaban J connectivity index is 2.23. The molecule has 1 nitrogen and oxygen atoms in total. The van der Waals surface area contributed by atoms with E-state index in [9.17, 15) is 0 Å². The lowest BCUT2D eigenvalue weighted by Crippen LogP contribution is -2.15. The average Bonchev–Trinajstić information content (AvgIpc) is 1.91. The lowest BCUT2D eigenvalue weighted by atomic mass is 10.1. The Labute approximate surface area is 56.7 Å². The van der Waals surface area contributed by atoms with E-state index in [1.54, 1.807) is 0 Å². The molecule has 9 heavy (non-hydrogen) atoms. The number of rotatable bonds is 1. The van der Waals surface area contributed by atoms with Crippen molar-refractivity contribution in [1.82, 2.24) is 0 Å². The molecular weight excluding hydrogens is 112 g/mol. The molecule has 0 N–H and O–H groups in total. The first-order valence-electron chi connectivity index (χ1n) is 3.68. The number of hydrogen-bond donors (Lipinski definition) is 0. The summed E-state index contributed by atoms with van der Waals surface area (Å²) in [5, 5.41) is 0. The molecule has 0 spiro atoms. The normalized spacial score (nSPS) is 29.2. The van der Waals surface area contributed by atoms with Gasteiger partial charge in [-0.15, -0.1) is 0 Å². The van der Waals surface area contributed by atoms with E-state index < -0.39 is 0 Å². The Hall–Kier alpha value is -0.300. The van der Waals surface area contributed by atoms with E-state index >= 15 is 0 Å². The Morgan fingerprint density at radius 2 is 2.33 bits per heavy atom. The van der Waals surface area contributed by atoms with Gasteiger partial charge in [-0.2, -0.15) is 0 Å². The van der Waals surface area contributed by atoms with Crippen molar-refractivity contribution in [3.05, 3.63) is 12.2 Å². The van der Waals surface area contributed by atoms with E-state index in [2.05, 4.69) is 12.2 Å². The molecule has 52 valence electrons. The van der Waals surface area contributed by atoms with Crippen molar-refractivity contribution < 1.29 is 4.74 Å². The highest BCUT2D eigenvalue weighted by molar-refractivity contribution is 4.87. The minimum Gasteiger partial charge on any atom is -0.374 e. The van der Waals surface area contributed by atoms with Gasteiger partial charge < -0.3 is 4.74 Å². The van der Waals surface area contributed by atoms with Gasteiger partial charge in [0.05, 0.1) is 6.10 Å². The smallest absolute Gasteiger partial charge is 0.0755 e. The Kier molecular flexibility index (Phi) is 2.78. The van der Waals surface area contributed by atoms with E-state index in [1.807, 2.05) is 6.92 Å². The fourth-order valence-electron chi connectivity index (χ4n) is 1.13. The summed E-state index contributed by atoms with van der Waals surface area (Å²) >= 11 is 0. The van der Waals surface area contributed by atoms with Gasteiger partial charge in [-0.25, -0.2) is 0 Å². The quantitative estimate of drug-likeness (QED) is 0.489. The summed E-state index contributed by atoms with van der Waals surface area (Å²) < 4.78 is 5.43. The fourth-order valence-corrected chi connectivity index (χ4v) is 1.13. The van der Waals surface area contributed by atoms with Crippen LogP contribution in [0.5, 0.6) is 0 Å². The molecule has 0 bridgehead atoms. The van der Waals surface area contributed by atoms with Crippen molar-refractivity contribution in [2.75, 3.05) is 6.61 Å². The summed E-state index contributed by atoms with van der Waals surface area (Å²) in [5.74, 6) is 0. The van der Waals surface area contributed by atoms with Gasteiger partial charge in [-0.3, -0.25) is 0 Å². The predicted octanol–water partition coefficient (Wildman–Crippen LogP) is 2.13. The van der Waals surface area contributed by atoms with Crippen molar-refractivity contribution in [3.63, 3.8) is 0 Å². The number of hydrogen-bond acceptors (Lipinski definition) is 1. The highest BCUT2D eigenvalue weighted by Gasteiger charge is 2.08. The van der Waals surface area contributed by atoms with Crippen LogP contribution in [0.4, 0.5) is 0 Å². The molecule has 1 saturated heterocycles. The topological polar surface area (TPSA) is 9.23 Å². The standard InChI is InChI=1S/C8H14O/c1-2-5-8-6-3-4-7-9-8/h2,5,8H,3-4,6-7H2,1H3/b5-2+. The SMILES string of the molecule is C/C=C/C1CCCCO1. The van der Waals surface area contributed by atoms with E-state index in [1.165, 1.54) is 19.3 Å². The molecule has 1 unspecified atom stereocenters. The Morgan fingerprint density at radius 1 is 1.44 bits per heavy atom. The molecule has 1 fully saturated rings. The van der Waals surface area contributed by atoms with E-state index in [4.69, 9.17) is 4.74 Å². The van der Waals surface area contributed by atoms with Gasteiger partial charge in [0, 0.05) is 6.61 Å². The molecule has 1 atom stereocenters. The minimum absolute atomic E-state index is 0.420. The monoisotopic (exact) mass is 126 g/mol. The molecule has 0 aliphatic carbocycles. The molecule has 0 aromatic rings. The maximum absolute atomic E-state index is 5.43. The molecule has 1 aliphatic heterocycles. The van der Waals surface area contributed by atoms with Crippen LogP contribution >= 0.6 is 0 Å². The first kappa shape index (κ1) is 6.81. The van der Waals surface area contributed by atoms with Crippen LogP contribution in [0.2, 0.25) is 0 Å². The molecule has 0 amide bonds. The number of allylic oxidation sites excluding steroid dienone is 1. The number of ether oxygens (including phenoxy) is 1. The van der Waals surface area contributed by atoms with Gasteiger partial charge in [0.15, 0.2) is 0 Å². The van der Waals surface area contributed by atoms with E-state index in [0.717, 1.165) is 6.61 Å². The first-order chi connectivity index (χ1) is 4.43. The van der Waals surface area contributed by atoms with Crippen molar-refractivity contribution in [1.29, 1.82) is 0 Å². The highest BCUT2D eigenvalue weighted by atomic mass is 16.5. The van der Waals surface area contributed by atoms with Crippen molar-refractivity contribution in [2.24, 2.45) is 0 Å². The van der Waals surface area contributed by atoms with Gasteiger partial charge in [0.1, 0.15) is 0 Å². The second kappa shape index (κ2) is 3.67. The molecule has 0 radical (unpaired) electrons.